The SMILES string of the molecule is Cc1c(C)c2c(c(C)c1O)CC(C)(c1cccc(NC(=O)c3ccccc3)c1)O2. The van der Waals surface area contributed by atoms with Crippen LogP contribution in [-0.4, -0.2) is 11.0 Å². The van der Waals surface area contributed by atoms with Crippen LogP contribution in [0.3, 0.4) is 0 Å². The summed E-state index contributed by atoms with van der Waals surface area (Å²) >= 11 is 0. The highest BCUT2D eigenvalue weighted by atomic mass is 16.5. The molecule has 0 aliphatic carbocycles. The molecule has 0 fully saturated rings. The number of carbonyl (C=O) groups excluding carboxylic acids is 1. The summed E-state index contributed by atoms with van der Waals surface area (Å²) in [6.07, 6.45) is 0.666. The van der Waals surface area contributed by atoms with Crippen molar-refractivity contribution >= 4 is 11.6 Å². The number of carbonyl (C=O) groups is 1. The summed E-state index contributed by atoms with van der Waals surface area (Å²) in [7, 11) is 0. The molecule has 3 aromatic rings. The Kier molecular flexibility index (Phi) is 4.58. The molecule has 1 amide bonds. The maximum Gasteiger partial charge on any atom is 0.255 e. The van der Waals surface area contributed by atoms with Crippen molar-refractivity contribution in [3.63, 3.8) is 0 Å². The molecule has 1 atom stereocenters. The Morgan fingerprint density at radius 2 is 1.72 bits per heavy atom. The van der Waals surface area contributed by atoms with Gasteiger partial charge in [-0.15, -0.1) is 0 Å². The van der Waals surface area contributed by atoms with E-state index in [0.29, 0.717) is 17.7 Å². The van der Waals surface area contributed by atoms with E-state index in [1.54, 1.807) is 12.1 Å². The molecule has 0 radical (unpaired) electrons. The minimum absolute atomic E-state index is 0.143. The number of amides is 1. The minimum Gasteiger partial charge on any atom is -0.507 e. The third kappa shape index (κ3) is 3.25. The van der Waals surface area contributed by atoms with Crippen molar-refractivity contribution in [3.05, 3.63) is 88.0 Å². The van der Waals surface area contributed by atoms with Crippen LogP contribution in [-0.2, 0) is 12.0 Å². The zero-order chi connectivity index (χ0) is 20.8. The number of hydrogen-bond donors (Lipinski definition) is 2. The second-order valence-electron chi connectivity index (χ2n) is 7.94. The maximum absolute atomic E-state index is 12.5. The second kappa shape index (κ2) is 6.96. The van der Waals surface area contributed by atoms with Gasteiger partial charge in [0.05, 0.1) is 0 Å². The first kappa shape index (κ1) is 19.1. The Balaban J connectivity index is 1.64. The molecule has 29 heavy (non-hydrogen) atoms. The molecule has 4 rings (SSSR count). The van der Waals surface area contributed by atoms with Crippen LogP contribution in [0.4, 0.5) is 5.69 Å². The third-order valence-electron chi connectivity index (χ3n) is 5.95. The predicted octanol–water partition coefficient (Wildman–Crippen LogP) is 5.42. The van der Waals surface area contributed by atoms with Crippen molar-refractivity contribution in [2.45, 2.75) is 39.7 Å². The number of nitrogens with one attached hydrogen (secondary N) is 1. The van der Waals surface area contributed by atoms with Gasteiger partial charge in [-0.25, -0.2) is 0 Å². The number of ether oxygens (including phenoxy) is 1. The lowest BCUT2D eigenvalue weighted by Gasteiger charge is -2.25. The highest BCUT2D eigenvalue weighted by Crippen LogP contribution is 2.48. The van der Waals surface area contributed by atoms with E-state index in [4.69, 9.17) is 4.74 Å². The average Bonchev–Trinajstić information content (AvgIpc) is 3.11. The predicted molar refractivity (Wildman–Crippen MR) is 115 cm³/mol. The summed E-state index contributed by atoms with van der Waals surface area (Å²) in [6.45, 7) is 7.88. The number of anilines is 1. The summed E-state index contributed by atoms with van der Waals surface area (Å²) in [4.78, 5) is 12.5. The Bertz CT molecular complexity index is 1070. The quantitative estimate of drug-likeness (QED) is 0.631. The first-order valence-corrected chi connectivity index (χ1v) is 9.78. The summed E-state index contributed by atoms with van der Waals surface area (Å²) in [5.41, 5.74) is 5.51. The molecule has 1 aliphatic rings. The van der Waals surface area contributed by atoms with Crippen LogP contribution < -0.4 is 10.1 Å². The summed E-state index contributed by atoms with van der Waals surface area (Å²) < 4.78 is 6.45. The lowest BCUT2D eigenvalue weighted by Crippen LogP contribution is -2.27. The van der Waals surface area contributed by atoms with E-state index in [1.807, 2.05) is 63.2 Å². The van der Waals surface area contributed by atoms with E-state index in [-0.39, 0.29) is 5.91 Å². The fraction of sp³-hybridized carbons (Fsp3) is 0.240. The molecule has 2 N–H and O–H groups in total. The fourth-order valence-electron chi connectivity index (χ4n) is 4.00. The number of phenolic OH excluding ortho intramolecular Hbond substituents is 1. The molecule has 1 aliphatic heterocycles. The Morgan fingerprint density at radius 3 is 2.45 bits per heavy atom. The van der Waals surface area contributed by atoms with E-state index in [2.05, 4.69) is 12.2 Å². The third-order valence-corrected chi connectivity index (χ3v) is 5.95. The molecule has 0 aromatic heterocycles. The van der Waals surface area contributed by atoms with Crippen molar-refractivity contribution < 1.29 is 14.6 Å². The van der Waals surface area contributed by atoms with Gasteiger partial charge in [-0.3, -0.25) is 4.79 Å². The van der Waals surface area contributed by atoms with E-state index >= 15 is 0 Å². The second-order valence-corrected chi connectivity index (χ2v) is 7.94. The van der Waals surface area contributed by atoms with Crippen molar-refractivity contribution in [2.24, 2.45) is 0 Å². The molecule has 148 valence electrons. The van der Waals surface area contributed by atoms with Crippen LogP contribution in [0.25, 0.3) is 0 Å². The Labute approximate surface area is 171 Å². The zero-order valence-electron chi connectivity index (χ0n) is 17.2. The van der Waals surface area contributed by atoms with Crippen molar-refractivity contribution in [1.82, 2.24) is 0 Å². The fourth-order valence-corrected chi connectivity index (χ4v) is 4.00. The molecule has 0 bridgehead atoms. The van der Waals surface area contributed by atoms with Gasteiger partial charge in [0.15, 0.2) is 0 Å². The van der Waals surface area contributed by atoms with E-state index < -0.39 is 5.60 Å². The number of aromatic hydroxyl groups is 1. The first-order valence-electron chi connectivity index (χ1n) is 9.78. The van der Waals surface area contributed by atoms with Crippen LogP contribution >= 0.6 is 0 Å². The summed E-state index contributed by atoms with van der Waals surface area (Å²) in [5, 5.41) is 13.4. The normalized spacial score (nSPS) is 17.5. The lowest BCUT2D eigenvalue weighted by atomic mass is 9.88. The van der Waals surface area contributed by atoms with Gasteiger partial charge in [-0.2, -0.15) is 0 Å². The Hall–Kier alpha value is -3.27. The molecule has 4 heteroatoms. The molecular formula is C25H25NO3. The number of benzene rings is 3. The van der Waals surface area contributed by atoms with Gasteiger partial charge in [0.25, 0.3) is 5.91 Å². The van der Waals surface area contributed by atoms with Gasteiger partial charge in [-0.05, 0) is 74.2 Å². The number of hydrogen-bond acceptors (Lipinski definition) is 3. The molecule has 0 spiro atoms. The van der Waals surface area contributed by atoms with E-state index in [0.717, 1.165) is 39.3 Å². The molecule has 4 nitrogen and oxygen atoms in total. The van der Waals surface area contributed by atoms with Crippen LogP contribution in [0.15, 0.2) is 54.6 Å². The number of rotatable bonds is 3. The van der Waals surface area contributed by atoms with Gasteiger partial charge in [-0.1, -0.05) is 30.3 Å². The highest BCUT2D eigenvalue weighted by molar-refractivity contribution is 6.04. The molecule has 0 saturated heterocycles. The van der Waals surface area contributed by atoms with Crippen LogP contribution in [0, 0.1) is 20.8 Å². The minimum atomic E-state index is -0.564. The van der Waals surface area contributed by atoms with Gasteiger partial charge >= 0.3 is 0 Å². The largest absolute Gasteiger partial charge is 0.507 e. The highest BCUT2D eigenvalue weighted by Gasteiger charge is 2.39. The van der Waals surface area contributed by atoms with Crippen LogP contribution in [0.2, 0.25) is 0 Å². The van der Waals surface area contributed by atoms with Crippen molar-refractivity contribution in [1.29, 1.82) is 0 Å². The van der Waals surface area contributed by atoms with Gasteiger partial charge < -0.3 is 15.2 Å². The van der Waals surface area contributed by atoms with Crippen molar-refractivity contribution in [2.75, 3.05) is 5.32 Å². The standard InChI is InChI=1S/C25H25NO3/c1-15-16(2)23-21(17(3)22(15)27)14-25(4,29-23)19-11-8-12-20(13-19)26-24(28)18-9-6-5-7-10-18/h5-13,27H,14H2,1-4H3,(H,26,28). The van der Waals surface area contributed by atoms with Crippen LogP contribution in [0.1, 0.15) is 45.1 Å². The van der Waals surface area contributed by atoms with Gasteiger partial charge in [0, 0.05) is 23.2 Å². The Morgan fingerprint density at radius 1 is 1.00 bits per heavy atom. The average molecular weight is 387 g/mol. The molecule has 0 saturated carbocycles. The van der Waals surface area contributed by atoms with Gasteiger partial charge in [0.1, 0.15) is 17.1 Å². The summed E-state index contributed by atoms with van der Waals surface area (Å²) in [5.74, 6) is 1.06. The van der Waals surface area contributed by atoms with E-state index in [9.17, 15) is 9.90 Å². The van der Waals surface area contributed by atoms with Crippen molar-refractivity contribution in [3.8, 4) is 11.5 Å². The van der Waals surface area contributed by atoms with E-state index in [1.165, 1.54) is 0 Å². The monoisotopic (exact) mass is 387 g/mol. The van der Waals surface area contributed by atoms with Crippen LogP contribution in [0.5, 0.6) is 11.5 Å². The topological polar surface area (TPSA) is 58.6 Å². The molecule has 3 aromatic carbocycles. The molecule has 1 heterocycles. The lowest BCUT2D eigenvalue weighted by molar-refractivity contribution is 0.102. The molecule has 1 unspecified atom stereocenters. The van der Waals surface area contributed by atoms with Gasteiger partial charge in [0.2, 0.25) is 0 Å². The molecular weight excluding hydrogens is 362 g/mol. The number of phenols is 1. The maximum atomic E-state index is 12.5. The summed E-state index contributed by atoms with van der Waals surface area (Å²) in [6, 6.07) is 16.9. The number of fused-ring (bicyclic) bond motifs is 1. The first-order chi connectivity index (χ1) is 13.8. The smallest absolute Gasteiger partial charge is 0.255 e. The zero-order valence-corrected chi connectivity index (χ0v) is 17.2.